The molecular formula is C59H63N3O. The van der Waals surface area contributed by atoms with Crippen LogP contribution in [-0.2, 0) is 21.7 Å². The SMILES string of the molecule is CCC(C)(C)c1ccc(-n2c(-c3cc(C(C)(C)C)cc(C(C)(C)C)c3O)nc3c(-c4cc(-c5cc(-c6ccccc6)ccn5)cc(C(C)(C)C)c4)cccc32)c(-c2ccccc2)c1. The molecule has 320 valence electrons. The lowest BCUT2D eigenvalue weighted by Crippen LogP contribution is -2.17. The van der Waals surface area contributed by atoms with E-state index < -0.39 is 0 Å². The van der Waals surface area contributed by atoms with Crippen LogP contribution in [0.2, 0.25) is 0 Å². The molecule has 0 aliphatic rings. The van der Waals surface area contributed by atoms with E-state index in [1.54, 1.807) is 0 Å². The Morgan fingerprint density at radius 3 is 1.75 bits per heavy atom. The molecule has 0 radical (unpaired) electrons. The van der Waals surface area contributed by atoms with Gasteiger partial charge in [-0.1, -0.05) is 174 Å². The normalized spacial score (nSPS) is 12.6. The van der Waals surface area contributed by atoms with Gasteiger partial charge >= 0.3 is 0 Å². The van der Waals surface area contributed by atoms with Crippen molar-refractivity contribution in [2.24, 2.45) is 0 Å². The molecule has 0 bridgehead atoms. The lowest BCUT2D eigenvalue weighted by atomic mass is 9.78. The molecule has 8 aromatic rings. The number of aromatic hydroxyl groups is 1. The van der Waals surface area contributed by atoms with Crippen molar-refractivity contribution >= 4 is 11.0 Å². The van der Waals surface area contributed by atoms with E-state index in [0.717, 1.165) is 84.5 Å². The van der Waals surface area contributed by atoms with Gasteiger partial charge < -0.3 is 5.11 Å². The number of benzene rings is 6. The van der Waals surface area contributed by atoms with Gasteiger partial charge in [0.15, 0.2) is 0 Å². The summed E-state index contributed by atoms with van der Waals surface area (Å²) < 4.78 is 2.30. The third-order valence-electron chi connectivity index (χ3n) is 13.0. The third kappa shape index (κ3) is 8.48. The highest BCUT2D eigenvalue weighted by Gasteiger charge is 2.30. The molecule has 2 aromatic heterocycles. The maximum absolute atomic E-state index is 12.6. The Morgan fingerprint density at radius 1 is 0.492 bits per heavy atom. The summed E-state index contributed by atoms with van der Waals surface area (Å²) in [6.45, 7) is 26.9. The van der Waals surface area contributed by atoms with E-state index in [1.807, 2.05) is 6.20 Å². The molecule has 1 N–H and O–H groups in total. The molecule has 0 unspecified atom stereocenters. The summed E-state index contributed by atoms with van der Waals surface area (Å²) in [7, 11) is 0. The summed E-state index contributed by atoms with van der Waals surface area (Å²) in [5.74, 6) is 0.968. The summed E-state index contributed by atoms with van der Waals surface area (Å²) in [4.78, 5) is 10.6. The van der Waals surface area contributed by atoms with Gasteiger partial charge in [0, 0.05) is 28.5 Å². The molecule has 8 rings (SSSR count). The summed E-state index contributed by atoms with van der Waals surface area (Å²) in [5.41, 5.74) is 16.0. The van der Waals surface area contributed by atoms with E-state index in [0.29, 0.717) is 5.82 Å². The van der Waals surface area contributed by atoms with E-state index in [4.69, 9.17) is 9.97 Å². The molecule has 4 nitrogen and oxygen atoms in total. The first-order chi connectivity index (χ1) is 29.7. The fraction of sp³-hybridized carbons (Fsp3) is 0.288. The molecule has 6 aromatic carbocycles. The molecule has 0 amide bonds. The second-order valence-corrected chi connectivity index (χ2v) is 21.0. The van der Waals surface area contributed by atoms with Crippen LogP contribution in [-0.4, -0.2) is 19.6 Å². The van der Waals surface area contributed by atoms with Crippen molar-refractivity contribution in [3.63, 3.8) is 0 Å². The number of hydrogen-bond donors (Lipinski definition) is 1. The van der Waals surface area contributed by atoms with E-state index in [-0.39, 0.29) is 27.4 Å². The van der Waals surface area contributed by atoms with Crippen LogP contribution in [0.3, 0.4) is 0 Å². The minimum Gasteiger partial charge on any atom is -0.507 e. The number of pyridine rings is 1. The number of phenolic OH excluding ortho intramolecular Hbond substituents is 1. The van der Waals surface area contributed by atoms with Crippen molar-refractivity contribution in [1.29, 1.82) is 0 Å². The van der Waals surface area contributed by atoms with E-state index in [9.17, 15) is 5.11 Å². The quantitative estimate of drug-likeness (QED) is 0.166. The summed E-state index contributed by atoms with van der Waals surface area (Å²) in [5, 5.41) is 12.6. The molecule has 0 saturated heterocycles. The van der Waals surface area contributed by atoms with Gasteiger partial charge in [-0.2, -0.15) is 0 Å². The fourth-order valence-corrected chi connectivity index (χ4v) is 8.53. The third-order valence-corrected chi connectivity index (χ3v) is 13.0. The minimum absolute atomic E-state index is 0.0266. The first-order valence-electron chi connectivity index (χ1n) is 22.5. The fourth-order valence-electron chi connectivity index (χ4n) is 8.53. The van der Waals surface area contributed by atoms with Crippen LogP contribution < -0.4 is 0 Å². The van der Waals surface area contributed by atoms with E-state index in [1.165, 1.54) is 11.1 Å². The van der Waals surface area contributed by atoms with Crippen molar-refractivity contribution in [3.8, 4) is 67.5 Å². The number of nitrogens with zero attached hydrogens (tertiary/aromatic N) is 3. The van der Waals surface area contributed by atoms with Gasteiger partial charge in [0.05, 0.1) is 28.0 Å². The van der Waals surface area contributed by atoms with Gasteiger partial charge in [0.2, 0.25) is 0 Å². The summed E-state index contributed by atoms with van der Waals surface area (Å²) >= 11 is 0. The lowest BCUT2D eigenvalue weighted by molar-refractivity contribution is 0.446. The Morgan fingerprint density at radius 2 is 1.11 bits per heavy atom. The van der Waals surface area contributed by atoms with Gasteiger partial charge in [0.1, 0.15) is 11.6 Å². The molecule has 0 spiro atoms. The monoisotopic (exact) mass is 829 g/mol. The van der Waals surface area contributed by atoms with Gasteiger partial charge in [-0.05, 0) is 116 Å². The van der Waals surface area contributed by atoms with Gasteiger partial charge in [-0.15, -0.1) is 0 Å². The highest BCUT2D eigenvalue weighted by atomic mass is 16.3. The van der Waals surface area contributed by atoms with Crippen molar-refractivity contribution in [2.75, 3.05) is 0 Å². The number of imidazole rings is 1. The van der Waals surface area contributed by atoms with E-state index >= 15 is 0 Å². The number of rotatable bonds is 8. The highest BCUT2D eigenvalue weighted by molar-refractivity contribution is 5.98. The Labute approximate surface area is 375 Å². The van der Waals surface area contributed by atoms with Gasteiger partial charge in [-0.3, -0.25) is 9.55 Å². The molecule has 63 heavy (non-hydrogen) atoms. The van der Waals surface area contributed by atoms with Crippen molar-refractivity contribution < 1.29 is 5.11 Å². The smallest absolute Gasteiger partial charge is 0.149 e. The maximum atomic E-state index is 12.6. The first kappa shape index (κ1) is 43.4. The molecule has 2 heterocycles. The zero-order chi connectivity index (χ0) is 45.1. The number of para-hydroxylation sites is 1. The molecule has 0 atom stereocenters. The van der Waals surface area contributed by atoms with Crippen molar-refractivity contribution in [2.45, 2.75) is 111 Å². The van der Waals surface area contributed by atoms with Crippen LogP contribution in [0.25, 0.3) is 72.7 Å². The maximum Gasteiger partial charge on any atom is 0.149 e. The predicted octanol–water partition coefficient (Wildman–Crippen LogP) is 16.0. The van der Waals surface area contributed by atoms with Gasteiger partial charge in [0.25, 0.3) is 0 Å². The Hall–Kier alpha value is -6.26. The average molecular weight is 830 g/mol. The number of aromatic nitrogens is 3. The molecule has 0 saturated carbocycles. The lowest BCUT2D eigenvalue weighted by Gasteiger charge is -2.28. The van der Waals surface area contributed by atoms with Gasteiger partial charge in [-0.25, -0.2) is 4.98 Å². The summed E-state index contributed by atoms with van der Waals surface area (Å²) in [6.07, 6.45) is 2.92. The Bertz CT molecular complexity index is 2950. The van der Waals surface area contributed by atoms with Crippen LogP contribution >= 0.6 is 0 Å². The largest absolute Gasteiger partial charge is 0.507 e. The van der Waals surface area contributed by atoms with Crippen LogP contribution in [0.5, 0.6) is 5.75 Å². The molecule has 0 fully saturated rings. The molecule has 4 heteroatoms. The summed E-state index contributed by atoms with van der Waals surface area (Å²) in [6, 6.07) is 50.2. The highest BCUT2D eigenvalue weighted by Crippen LogP contribution is 2.46. The van der Waals surface area contributed by atoms with Crippen LogP contribution in [0.15, 0.2) is 146 Å². The Balaban J connectivity index is 1.47. The number of phenols is 1. The van der Waals surface area contributed by atoms with Crippen LogP contribution in [0.4, 0.5) is 0 Å². The average Bonchev–Trinajstić information content (AvgIpc) is 3.65. The number of fused-ring (bicyclic) bond motifs is 1. The first-order valence-corrected chi connectivity index (χ1v) is 22.5. The van der Waals surface area contributed by atoms with Crippen LogP contribution in [0.1, 0.15) is 112 Å². The second-order valence-electron chi connectivity index (χ2n) is 21.0. The Kier molecular flexibility index (Phi) is 11.1. The molecule has 0 aliphatic carbocycles. The second kappa shape index (κ2) is 16.1. The predicted molar refractivity (Wildman–Crippen MR) is 267 cm³/mol. The van der Waals surface area contributed by atoms with E-state index in [2.05, 4.69) is 227 Å². The number of hydrogen-bond acceptors (Lipinski definition) is 3. The van der Waals surface area contributed by atoms with Crippen molar-refractivity contribution in [1.82, 2.24) is 14.5 Å². The minimum atomic E-state index is -0.319. The van der Waals surface area contributed by atoms with Crippen molar-refractivity contribution in [3.05, 3.63) is 168 Å². The topological polar surface area (TPSA) is 50.9 Å². The van der Waals surface area contributed by atoms with Crippen LogP contribution in [0, 0.1) is 0 Å². The zero-order valence-electron chi connectivity index (χ0n) is 39.4. The molecular weight excluding hydrogens is 767 g/mol. The standard InChI is InChI=1S/C59H63N3O/c1-13-59(11,12)43-27-28-51(47(35-43)39-23-18-15-19-24-39)62-52-26-20-25-46(53(52)61-55(62)48-36-45(57(5,6)7)37-49(54(48)63)58(8,9)10)41-31-42(33-44(32-41)56(2,3)4)50-34-40(29-30-60-50)38-21-16-14-17-22-38/h14-37,63H,13H2,1-12H3. The molecule has 0 aliphatic heterocycles. The zero-order valence-corrected chi connectivity index (χ0v) is 39.4.